The van der Waals surface area contributed by atoms with Crippen molar-refractivity contribution in [3.63, 3.8) is 0 Å². The van der Waals surface area contributed by atoms with E-state index in [1.54, 1.807) is 25.1 Å². The molecule has 0 aliphatic carbocycles. The highest BCUT2D eigenvalue weighted by Gasteiger charge is 2.22. The van der Waals surface area contributed by atoms with Gasteiger partial charge in [0.1, 0.15) is 0 Å². The highest BCUT2D eigenvalue weighted by atomic mass is 32.2. The van der Waals surface area contributed by atoms with Crippen LogP contribution in [0.2, 0.25) is 0 Å². The zero-order valence-corrected chi connectivity index (χ0v) is 15.7. The number of nitrogens with zero attached hydrogens (tertiary/aromatic N) is 4. The maximum absolute atomic E-state index is 13.6. The fraction of sp³-hybridized carbons (Fsp3) is 0.412. The van der Waals surface area contributed by atoms with Crippen LogP contribution in [0.25, 0.3) is 0 Å². The minimum atomic E-state index is -0.577. The number of halogens is 1. The standard InChI is InChI=1S/C17H19FN4O3S/c1-10(23-12-8-6-5-7-11(12)18)14-20-21-16(24-14)26-9-13-19-15(25-22-13)17(2,3)4/h5-8,10H,9H2,1-4H3. The summed E-state index contributed by atoms with van der Waals surface area (Å²) in [5.41, 5.74) is -0.201. The van der Waals surface area contributed by atoms with Gasteiger partial charge in [0.15, 0.2) is 23.5 Å². The average molecular weight is 378 g/mol. The van der Waals surface area contributed by atoms with Gasteiger partial charge in [-0.2, -0.15) is 4.98 Å². The molecule has 2 aromatic heterocycles. The van der Waals surface area contributed by atoms with E-state index in [2.05, 4.69) is 20.3 Å². The van der Waals surface area contributed by atoms with Gasteiger partial charge in [-0.25, -0.2) is 4.39 Å². The van der Waals surface area contributed by atoms with Gasteiger partial charge >= 0.3 is 0 Å². The van der Waals surface area contributed by atoms with Gasteiger partial charge in [0.05, 0.1) is 5.75 Å². The smallest absolute Gasteiger partial charge is 0.277 e. The Bertz CT molecular complexity index is 875. The van der Waals surface area contributed by atoms with Crippen LogP contribution in [-0.2, 0) is 11.2 Å². The normalized spacial score (nSPS) is 13.0. The molecule has 0 saturated carbocycles. The van der Waals surface area contributed by atoms with Gasteiger partial charge < -0.3 is 13.7 Å². The molecule has 0 radical (unpaired) electrons. The number of para-hydroxylation sites is 1. The number of rotatable bonds is 6. The number of ether oxygens (including phenoxy) is 1. The molecule has 0 saturated heterocycles. The summed E-state index contributed by atoms with van der Waals surface area (Å²) in [6, 6.07) is 6.16. The Hall–Kier alpha value is -2.42. The van der Waals surface area contributed by atoms with Crippen LogP contribution in [0.4, 0.5) is 4.39 Å². The number of aromatic nitrogens is 4. The molecule has 9 heteroatoms. The summed E-state index contributed by atoms with van der Waals surface area (Å²) >= 11 is 1.29. The Kier molecular flexibility index (Phi) is 5.26. The van der Waals surface area contributed by atoms with E-state index in [4.69, 9.17) is 13.7 Å². The maximum atomic E-state index is 13.6. The third-order valence-electron chi connectivity index (χ3n) is 3.34. The zero-order chi connectivity index (χ0) is 18.7. The second-order valence-corrected chi connectivity index (χ2v) is 7.58. The number of hydrogen-bond acceptors (Lipinski definition) is 8. The first kappa shape index (κ1) is 18.4. The third-order valence-corrected chi connectivity index (χ3v) is 4.16. The van der Waals surface area contributed by atoms with E-state index >= 15 is 0 Å². The molecule has 3 rings (SSSR count). The van der Waals surface area contributed by atoms with Crippen molar-refractivity contribution in [2.45, 2.75) is 50.2 Å². The third kappa shape index (κ3) is 4.40. The zero-order valence-electron chi connectivity index (χ0n) is 14.9. The second-order valence-electron chi connectivity index (χ2n) is 6.65. The van der Waals surface area contributed by atoms with E-state index in [9.17, 15) is 4.39 Å². The molecule has 1 unspecified atom stereocenters. The van der Waals surface area contributed by atoms with E-state index < -0.39 is 11.9 Å². The second kappa shape index (κ2) is 7.45. The lowest BCUT2D eigenvalue weighted by Gasteiger charge is -2.11. The topological polar surface area (TPSA) is 87.1 Å². The molecule has 1 aromatic carbocycles. The van der Waals surface area contributed by atoms with Crippen LogP contribution in [-0.4, -0.2) is 20.3 Å². The summed E-state index contributed by atoms with van der Waals surface area (Å²) in [4.78, 5) is 4.35. The maximum Gasteiger partial charge on any atom is 0.277 e. The van der Waals surface area contributed by atoms with Crippen LogP contribution in [0.1, 0.15) is 51.4 Å². The molecule has 0 aliphatic heterocycles. The molecule has 3 aromatic rings. The average Bonchev–Trinajstić information content (AvgIpc) is 3.24. The van der Waals surface area contributed by atoms with Crippen molar-refractivity contribution in [1.82, 2.24) is 20.3 Å². The lowest BCUT2D eigenvalue weighted by molar-refractivity contribution is 0.174. The summed E-state index contributed by atoms with van der Waals surface area (Å²) in [7, 11) is 0. The highest BCUT2D eigenvalue weighted by molar-refractivity contribution is 7.98. The van der Waals surface area contributed by atoms with Crippen molar-refractivity contribution in [2.24, 2.45) is 0 Å². The lowest BCUT2D eigenvalue weighted by atomic mass is 9.97. The van der Waals surface area contributed by atoms with E-state index in [0.29, 0.717) is 22.7 Å². The van der Waals surface area contributed by atoms with Crippen LogP contribution in [0, 0.1) is 5.82 Å². The predicted molar refractivity (Wildman–Crippen MR) is 92.3 cm³/mol. The Morgan fingerprint density at radius 2 is 2.00 bits per heavy atom. The van der Waals surface area contributed by atoms with Crippen molar-refractivity contribution < 1.29 is 18.1 Å². The molecule has 0 fully saturated rings. The van der Waals surface area contributed by atoms with Gasteiger partial charge in [-0.3, -0.25) is 0 Å². The molecule has 2 heterocycles. The Morgan fingerprint density at radius 1 is 1.23 bits per heavy atom. The summed E-state index contributed by atoms with van der Waals surface area (Å²) in [6.07, 6.45) is -0.577. The first-order valence-corrected chi connectivity index (χ1v) is 9.02. The molecule has 26 heavy (non-hydrogen) atoms. The molecule has 0 aliphatic rings. The lowest BCUT2D eigenvalue weighted by Crippen LogP contribution is -2.11. The summed E-state index contributed by atoms with van der Waals surface area (Å²) in [5.74, 6) is 1.51. The number of thioether (sulfide) groups is 1. The van der Waals surface area contributed by atoms with Gasteiger partial charge in [-0.15, -0.1) is 10.2 Å². The molecular formula is C17H19FN4O3S. The van der Waals surface area contributed by atoms with Crippen molar-refractivity contribution in [3.8, 4) is 5.75 Å². The van der Waals surface area contributed by atoms with Gasteiger partial charge in [0, 0.05) is 5.41 Å². The molecular weight excluding hydrogens is 359 g/mol. The Morgan fingerprint density at radius 3 is 2.69 bits per heavy atom. The molecule has 1 atom stereocenters. The van der Waals surface area contributed by atoms with Crippen molar-refractivity contribution in [2.75, 3.05) is 0 Å². The molecule has 138 valence electrons. The van der Waals surface area contributed by atoms with Crippen molar-refractivity contribution >= 4 is 11.8 Å². The number of hydrogen-bond donors (Lipinski definition) is 0. The van der Waals surface area contributed by atoms with E-state index in [0.717, 1.165) is 0 Å². The first-order valence-electron chi connectivity index (χ1n) is 8.03. The fourth-order valence-corrected chi connectivity index (χ4v) is 2.58. The summed E-state index contributed by atoms with van der Waals surface area (Å²) in [5, 5.41) is 12.2. The fourth-order valence-electron chi connectivity index (χ4n) is 1.97. The summed E-state index contributed by atoms with van der Waals surface area (Å²) < 4.78 is 30.0. The van der Waals surface area contributed by atoms with E-state index in [1.807, 2.05) is 20.8 Å². The highest BCUT2D eigenvalue weighted by Crippen LogP contribution is 2.27. The van der Waals surface area contributed by atoms with Crippen LogP contribution >= 0.6 is 11.8 Å². The first-order chi connectivity index (χ1) is 12.3. The molecule has 0 bridgehead atoms. The minimum Gasteiger partial charge on any atom is -0.478 e. The van der Waals surface area contributed by atoms with Gasteiger partial charge in [0.2, 0.25) is 5.89 Å². The van der Waals surface area contributed by atoms with Gasteiger partial charge in [-0.05, 0) is 19.1 Å². The van der Waals surface area contributed by atoms with Gasteiger partial charge in [0.25, 0.3) is 11.1 Å². The molecule has 0 N–H and O–H groups in total. The Labute approximate surface area is 154 Å². The predicted octanol–water partition coefficient (Wildman–Crippen LogP) is 4.32. The van der Waals surface area contributed by atoms with Crippen LogP contribution in [0.5, 0.6) is 5.75 Å². The van der Waals surface area contributed by atoms with Crippen LogP contribution < -0.4 is 4.74 Å². The minimum absolute atomic E-state index is 0.133. The Balaban J connectivity index is 1.59. The molecule has 0 amide bonds. The number of benzene rings is 1. The van der Waals surface area contributed by atoms with Gasteiger partial charge in [-0.1, -0.05) is 49.8 Å². The monoisotopic (exact) mass is 378 g/mol. The van der Waals surface area contributed by atoms with Crippen molar-refractivity contribution in [3.05, 3.63) is 47.7 Å². The van der Waals surface area contributed by atoms with Crippen LogP contribution in [0.3, 0.4) is 0 Å². The van der Waals surface area contributed by atoms with Crippen molar-refractivity contribution in [1.29, 1.82) is 0 Å². The quantitative estimate of drug-likeness (QED) is 0.586. The molecule has 7 nitrogen and oxygen atoms in total. The van der Waals surface area contributed by atoms with E-state index in [-0.39, 0.29) is 17.1 Å². The molecule has 0 spiro atoms. The SMILES string of the molecule is CC(Oc1ccccc1F)c1nnc(SCc2noc(C(C)(C)C)n2)o1. The largest absolute Gasteiger partial charge is 0.478 e. The van der Waals surface area contributed by atoms with Crippen LogP contribution in [0.15, 0.2) is 38.4 Å². The van der Waals surface area contributed by atoms with E-state index in [1.165, 1.54) is 17.8 Å². The summed E-state index contributed by atoms with van der Waals surface area (Å²) in [6.45, 7) is 7.71.